The number of rotatable bonds is 4. The van der Waals surface area contributed by atoms with Gasteiger partial charge in [0.25, 0.3) is 0 Å². The Morgan fingerprint density at radius 2 is 1.20 bits per heavy atom. The van der Waals surface area contributed by atoms with Gasteiger partial charge in [-0.15, -0.1) is 0 Å². The molecule has 0 saturated heterocycles. The lowest BCUT2D eigenvalue weighted by Crippen LogP contribution is -2.02. The number of carbonyl (C=O) groups excluding carboxylic acids is 1. The monoisotopic (exact) mass is 330 g/mol. The van der Waals surface area contributed by atoms with Gasteiger partial charge in [-0.25, -0.2) is 4.79 Å². The van der Waals surface area contributed by atoms with Crippen LogP contribution in [-0.2, 0) is 4.79 Å². The summed E-state index contributed by atoms with van der Waals surface area (Å²) < 4.78 is 5.07. The van der Waals surface area contributed by atoms with Crippen molar-refractivity contribution in [3.63, 3.8) is 0 Å². The maximum Gasteiger partial charge on any atom is 0.335 e. The molecule has 0 aromatic heterocycles. The van der Waals surface area contributed by atoms with Gasteiger partial charge >= 0.3 is 5.97 Å². The van der Waals surface area contributed by atoms with Crippen LogP contribution >= 0.6 is 0 Å². The fourth-order valence-corrected chi connectivity index (χ4v) is 2.57. The van der Waals surface area contributed by atoms with Crippen LogP contribution in [0.1, 0.15) is 0 Å². The van der Waals surface area contributed by atoms with Crippen LogP contribution in [0, 0.1) is 0 Å². The number of carbonyl (C=O) groups is 1. The van der Waals surface area contributed by atoms with Crippen molar-refractivity contribution in [1.82, 2.24) is 0 Å². The van der Waals surface area contributed by atoms with Crippen molar-refractivity contribution in [2.75, 3.05) is 11.5 Å². The van der Waals surface area contributed by atoms with Crippen molar-refractivity contribution in [3.05, 3.63) is 79.4 Å². The summed E-state index contributed by atoms with van der Waals surface area (Å²) in [7, 11) is 0. The fourth-order valence-electron chi connectivity index (χ4n) is 2.57. The molecular formula is C21H18N2O2. The summed E-state index contributed by atoms with van der Waals surface area (Å²) in [6.07, 6.45) is 1.13. The molecule has 4 nitrogen and oxygen atoms in total. The van der Waals surface area contributed by atoms with Crippen molar-refractivity contribution >= 4 is 17.3 Å². The quantitative estimate of drug-likeness (QED) is 0.324. The summed E-state index contributed by atoms with van der Waals surface area (Å²) >= 11 is 0. The average molecular weight is 330 g/mol. The van der Waals surface area contributed by atoms with Gasteiger partial charge in [-0.3, -0.25) is 0 Å². The van der Waals surface area contributed by atoms with E-state index in [9.17, 15) is 4.79 Å². The summed E-state index contributed by atoms with van der Waals surface area (Å²) in [5.74, 6) is 0.0130. The molecule has 0 radical (unpaired) electrons. The van der Waals surface area contributed by atoms with Gasteiger partial charge in [-0.2, -0.15) is 0 Å². The largest absolute Gasteiger partial charge is 0.423 e. The van der Waals surface area contributed by atoms with Crippen molar-refractivity contribution in [1.29, 1.82) is 0 Å². The van der Waals surface area contributed by atoms with E-state index in [1.165, 1.54) is 0 Å². The number of hydrogen-bond donors (Lipinski definition) is 2. The van der Waals surface area contributed by atoms with E-state index in [-0.39, 0.29) is 0 Å². The van der Waals surface area contributed by atoms with E-state index < -0.39 is 5.97 Å². The van der Waals surface area contributed by atoms with E-state index in [0.717, 1.165) is 28.3 Å². The van der Waals surface area contributed by atoms with Crippen LogP contribution < -0.4 is 16.2 Å². The average Bonchev–Trinajstić information content (AvgIpc) is 2.61. The minimum absolute atomic E-state index is 0.474. The lowest BCUT2D eigenvalue weighted by Gasteiger charge is -2.08. The van der Waals surface area contributed by atoms with Crippen LogP contribution in [0.2, 0.25) is 0 Å². The van der Waals surface area contributed by atoms with Crippen LogP contribution in [0.3, 0.4) is 0 Å². The molecule has 0 heterocycles. The zero-order valence-electron chi connectivity index (χ0n) is 13.6. The van der Waals surface area contributed by atoms with Crippen molar-refractivity contribution in [3.8, 4) is 28.0 Å². The van der Waals surface area contributed by atoms with Crippen molar-refractivity contribution < 1.29 is 9.53 Å². The summed E-state index contributed by atoms with van der Waals surface area (Å²) in [5.41, 5.74) is 17.1. The predicted octanol–water partition coefficient (Wildman–Crippen LogP) is 4.28. The SMILES string of the molecule is C=CC(=O)Oc1ccc(-c2ccc(-c3cc(N)cc(N)c3)cc2)cc1. The molecule has 3 aromatic carbocycles. The molecular weight excluding hydrogens is 312 g/mol. The van der Waals surface area contributed by atoms with Gasteiger partial charge < -0.3 is 16.2 Å². The van der Waals surface area contributed by atoms with E-state index in [0.29, 0.717) is 17.1 Å². The van der Waals surface area contributed by atoms with Crippen molar-refractivity contribution in [2.45, 2.75) is 0 Å². The van der Waals surface area contributed by atoms with Gasteiger partial charge in [0, 0.05) is 17.5 Å². The molecule has 4 N–H and O–H groups in total. The first-order valence-corrected chi connectivity index (χ1v) is 7.76. The fraction of sp³-hybridized carbons (Fsp3) is 0. The Labute approximate surface area is 146 Å². The van der Waals surface area contributed by atoms with Gasteiger partial charge in [0.05, 0.1) is 0 Å². The minimum atomic E-state index is -0.474. The van der Waals surface area contributed by atoms with Gasteiger partial charge in [-0.1, -0.05) is 43.0 Å². The first-order chi connectivity index (χ1) is 12.0. The third kappa shape index (κ3) is 3.87. The number of esters is 1. The maximum absolute atomic E-state index is 11.2. The first kappa shape index (κ1) is 16.3. The Hall–Kier alpha value is -3.53. The second-order valence-corrected chi connectivity index (χ2v) is 5.62. The number of hydrogen-bond acceptors (Lipinski definition) is 4. The van der Waals surface area contributed by atoms with Crippen LogP contribution in [0.25, 0.3) is 22.3 Å². The molecule has 0 aliphatic heterocycles. The van der Waals surface area contributed by atoms with E-state index in [4.69, 9.17) is 16.2 Å². The number of nitrogens with two attached hydrogens (primary N) is 2. The molecule has 3 aromatic rings. The van der Waals surface area contributed by atoms with Crippen LogP contribution in [-0.4, -0.2) is 5.97 Å². The molecule has 124 valence electrons. The highest BCUT2D eigenvalue weighted by Gasteiger charge is 2.04. The standard InChI is InChI=1S/C21H18N2O2/c1-2-21(24)25-20-9-7-15(8-10-20)14-3-5-16(6-4-14)17-11-18(22)13-19(23)12-17/h2-13H,1,22-23H2. The molecule has 0 spiro atoms. The summed E-state index contributed by atoms with van der Waals surface area (Å²) in [6, 6.07) is 20.9. The van der Waals surface area contributed by atoms with E-state index in [1.54, 1.807) is 18.2 Å². The van der Waals surface area contributed by atoms with Gasteiger partial charge in [0.1, 0.15) is 5.75 Å². The minimum Gasteiger partial charge on any atom is -0.423 e. The Bertz CT molecular complexity index is 893. The summed E-state index contributed by atoms with van der Waals surface area (Å²) in [6.45, 7) is 3.38. The summed E-state index contributed by atoms with van der Waals surface area (Å²) in [5, 5.41) is 0. The van der Waals surface area contributed by atoms with Crippen LogP contribution in [0.4, 0.5) is 11.4 Å². The Morgan fingerprint density at radius 3 is 1.68 bits per heavy atom. The molecule has 3 rings (SSSR count). The topological polar surface area (TPSA) is 78.3 Å². The molecule has 0 aliphatic rings. The number of ether oxygens (including phenoxy) is 1. The normalized spacial score (nSPS) is 10.2. The lowest BCUT2D eigenvalue weighted by molar-refractivity contribution is -0.128. The van der Waals surface area contributed by atoms with E-state index in [1.807, 2.05) is 48.5 Å². The van der Waals surface area contributed by atoms with Gasteiger partial charge in [0.15, 0.2) is 0 Å². The van der Waals surface area contributed by atoms with Gasteiger partial charge in [-0.05, 0) is 52.6 Å². The number of nitrogen functional groups attached to an aromatic ring is 2. The second kappa shape index (κ2) is 6.93. The van der Waals surface area contributed by atoms with Crippen molar-refractivity contribution in [2.24, 2.45) is 0 Å². The zero-order valence-corrected chi connectivity index (χ0v) is 13.6. The summed E-state index contributed by atoms with van der Waals surface area (Å²) in [4.78, 5) is 11.2. The molecule has 0 saturated carbocycles. The first-order valence-electron chi connectivity index (χ1n) is 7.76. The highest BCUT2D eigenvalue weighted by Crippen LogP contribution is 2.28. The molecule has 4 heteroatoms. The molecule has 0 aliphatic carbocycles. The zero-order chi connectivity index (χ0) is 17.8. The molecule has 25 heavy (non-hydrogen) atoms. The third-order valence-corrected chi connectivity index (χ3v) is 3.77. The lowest BCUT2D eigenvalue weighted by atomic mass is 9.99. The molecule has 0 bridgehead atoms. The molecule has 0 amide bonds. The highest BCUT2D eigenvalue weighted by atomic mass is 16.5. The molecule has 0 atom stereocenters. The van der Waals surface area contributed by atoms with Gasteiger partial charge in [0.2, 0.25) is 0 Å². The Balaban J connectivity index is 1.82. The Morgan fingerprint density at radius 1 is 0.760 bits per heavy atom. The number of anilines is 2. The predicted molar refractivity (Wildman–Crippen MR) is 102 cm³/mol. The second-order valence-electron chi connectivity index (χ2n) is 5.62. The van der Waals surface area contributed by atoms with Crippen LogP contribution in [0.15, 0.2) is 79.4 Å². The number of benzene rings is 3. The smallest absolute Gasteiger partial charge is 0.335 e. The highest BCUT2D eigenvalue weighted by molar-refractivity contribution is 5.83. The third-order valence-electron chi connectivity index (χ3n) is 3.77. The molecule has 0 unspecified atom stereocenters. The van der Waals surface area contributed by atoms with Crippen LogP contribution in [0.5, 0.6) is 5.75 Å². The maximum atomic E-state index is 11.2. The Kier molecular flexibility index (Phi) is 4.53. The van der Waals surface area contributed by atoms with E-state index in [2.05, 4.69) is 6.58 Å². The van der Waals surface area contributed by atoms with E-state index >= 15 is 0 Å². The molecule has 0 fully saturated rings.